The van der Waals surface area contributed by atoms with Gasteiger partial charge in [0.25, 0.3) is 0 Å². The number of phenols is 1. The van der Waals surface area contributed by atoms with E-state index in [1.807, 2.05) is 4.90 Å². The third-order valence-corrected chi connectivity index (χ3v) is 3.90. The molecule has 2 N–H and O–H groups in total. The van der Waals surface area contributed by atoms with Gasteiger partial charge in [0.05, 0.1) is 7.11 Å². The van der Waals surface area contributed by atoms with Crippen LogP contribution < -0.4 is 4.74 Å². The molecule has 5 heteroatoms. The van der Waals surface area contributed by atoms with Gasteiger partial charge in [0.2, 0.25) is 0 Å². The van der Waals surface area contributed by atoms with E-state index < -0.39 is 11.5 Å². The standard InChI is InChI=1S/C14H19NO4/c1-14(13(17)18,15-7-3-4-8-15)10-5-6-11(16)12(9-10)19-2/h5-6,9,16H,3-4,7-8H2,1-2H3,(H,17,18). The summed E-state index contributed by atoms with van der Waals surface area (Å²) in [6.07, 6.45) is 2.02. The van der Waals surface area contributed by atoms with Crippen LogP contribution >= 0.6 is 0 Å². The van der Waals surface area contributed by atoms with Gasteiger partial charge in [-0.05, 0) is 50.6 Å². The summed E-state index contributed by atoms with van der Waals surface area (Å²) in [5, 5.41) is 19.3. The molecule has 0 aromatic heterocycles. The molecule has 0 bridgehead atoms. The molecule has 1 heterocycles. The topological polar surface area (TPSA) is 70.0 Å². The summed E-state index contributed by atoms with van der Waals surface area (Å²) >= 11 is 0. The summed E-state index contributed by atoms with van der Waals surface area (Å²) in [4.78, 5) is 13.7. The van der Waals surface area contributed by atoms with Gasteiger partial charge in [0.1, 0.15) is 5.54 Å². The van der Waals surface area contributed by atoms with Crippen LogP contribution in [0.3, 0.4) is 0 Å². The van der Waals surface area contributed by atoms with E-state index in [0.29, 0.717) is 11.3 Å². The van der Waals surface area contributed by atoms with E-state index in [1.165, 1.54) is 13.2 Å². The number of nitrogens with zero attached hydrogens (tertiary/aromatic N) is 1. The average Bonchev–Trinajstić information content (AvgIpc) is 2.92. The molecule has 104 valence electrons. The fraction of sp³-hybridized carbons (Fsp3) is 0.500. The Balaban J connectivity index is 2.46. The maximum Gasteiger partial charge on any atom is 0.328 e. The number of carboxylic acid groups (broad SMARTS) is 1. The Morgan fingerprint density at radius 1 is 1.37 bits per heavy atom. The minimum absolute atomic E-state index is 0.0143. The smallest absolute Gasteiger partial charge is 0.328 e. The molecule has 19 heavy (non-hydrogen) atoms. The summed E-state index contributed by atoms with van der Waals surface area (Å²) in [6, 6.07) is 4.72. The first kappa shape index (κ1) is 13.7. The molecule has 1 unspecified atom stereocenters. The molecule has 1 aliphatic rings. The maximum atomic E-state index is 11.7. The monoisotopic (exact) mass is 265 g/mol. The highest BCUT2D eigenvalue weighted by Gasteiger charge is 2.42. The van der Waals surface area contributed by atoms with Crippen LogP contribution in [-0.4, -0.2) is 41.3 Å². The van der Waals surface area contributed by atoms with Gasteiger partial charge in [-0.3, -0.25) is 4.90 Å². The molecule has 2 rings (SSSR count). The molecule has 1 aromatic carbocycles. The molecule has 0 radical (unpaired) electrons. The lowest BCUT2D eigenvalue weighted by Gasteiger charge is -2.35. The second-order valence-corrected chi connectivity index (χ2v) is 4.96. The van der Waals surface area contributed by atoms with Crippen LogP contribution in [0.15, 0.2) is 18.2 Å². The summed E-state index contributed by atoms with van der Waals surface area (Å²) < 4.78 is 5.06. The molecule has 1 fully saturated rings. The molecule has 1 saturated heterocycles. The maximum absolute atomic E-state index is 11.7. The van der Waals surface area contributed by atoms with Crippen LogP contribution in [0.4, 0.5) is 0 Å². The third kappa shape index (κ3) is 2.26. The quantitative estimate of drug-likeness (QED) is 0.868. The van der Waals surface area contributed by atoms with Crippen LogP contribution in [0.1, 0.15) is 25.3 Å². The number of likely N-dealkylation sites (tertiary alicyclic amines) is 1. The summed E-state index contributed by atoms with van der Waals surface area (Å²) in [7, 11) is 1.45. The van der Waals surface area contributed by atoms with E-state index in [-0.39, 0.29) is 5.75 Å². The van der Waals surface area contributed by atoms with E-state index in [9.17, 15) is 15.0 Å². The van der Waals surface area contributed by atoms with Crippen molar-refractivity contribution in [1.82, 2.24) is 4.90 Å². The van der Waals surface area contributed by atoms with Gasteiger partial charge in [-0.2, -0.15) is 0 Å². The highest BCUT2D eigenvalue weighted by atomic mass is 16.5. The van der Waals surface area contributed by atoms with Crippen molar-refractivity contribution in [1.29, 1.82) is 0 Å². The van der Waals surface area contributed by atoms with Crippen molar-refractivity contribution in [3.63, 3.8) is 0 Å². The Morgan fingerprint density at radius 2 is 2.00 bits per heavy atom. The molecular formula is C14H19NO4. The number of aromatic hydroxyl groups is 1. The number of hydrogen-bond acceptors (Lipinski definition) is 4. The fourth-order valence-corrected chi connectivity index (χ4v) is 2.59. The zero-order chi connectivity index (χ0) is 14.0. The summed E-state index contributed by atoms with van der Waals surface area (Å²) in [5.41, 5.74) is -0.464. The molecule has 1 atom stereocenters. The lowest BCUT2D eigenvalue weighted by molar-refractivity contribution is -0.150. The van der Waals surface area contributed by atoms with Crippen molar-refractivity contribution >= 4 is 5.97 Å². The van der Waals surface area contributed by atoms with Gasteiger partial charge in [-0.15, -0.1) is 0 Å². The largest absolute Gasteiger partial charge is 0.504 e. The Hall–Kier alpha value is -1.75. The highest BCUT2D eigenvalue weighted by Crippen LogP contribution is 2.36. The van der Waals surface area contributed by atoms with Gasteiger partial charge in [-0.1, -0.05) is 6.07 Å². The van der Waals surface area contributed by atoms with E-state index in [2.05, 4.69) is 0 Å². The molecule has 0 amide bonds. The van der Waals surface area contributed by atoms with Crippen molar-refractivity contribution in [2.45, 2.75) is 25.3 Å². The van der Waals surface area contributed by atoms with E-state index in [1.54, 1.807) is 19.1 Å². The second kappa shape index (κ2) is 5.09. The molecule has 0 aliphatic carbocycles. The molecule has 5 nitrogen and oxygen atoms in total. The Kier molecular flexibility index (Phi) is 3.66. The number of carbonyl (C=O) groups is 1. The lowest BCUT2D eigenvalue weighted by atomic mass is 9.90. The zero-order valence-corrected chi connectivity index (χ0v) is 11.2. The average molecular weight is 265 g/mol. The number of benzene rings is 1. The Morgan fingerprint density at radius 3 is 2.53 bits per heavy atom. The highest BCUT2D eigenvalue weighted by molar-refractivity contribution is 5.80. The molecule has 1 aliphatic heterocycles. The first-order valence-corrected chi connectivity index (χ1v) is 6.36. The second-order valence-electron chi connectivity index (χ2n) is 4.96. The van der Waals surface area contributed by atoms with Gasteiger partial charge in [0.15, 0.2) is 11.5 Å². The van der Waals surface area contributed by atoms with E-state index >= 15 is 0 Å². The van der Waals surface area contributed by atoms with Crippen molar-refractivity contribution in [2.24, 2.45) is 0 Å². The van der Waals surface area contributed by atoms with Gasteiger partial charge >= 0.3 is 5.97 Å². The number of carboxylic acids is 1. The van der Waals surface area contributed by atoms with Gasteiger partial charge in [-0.25, -0.2) is 4.79 Å². The van der Waals surface area contributed by atoms with Crippen molar-refractivity contribution in [3.05, 3.63) is 23.8 Å². The van der Waals surface area contributed by atoms with Crippen LogP contribution in [0.25, 0.3) is 0 Å². The summed E-state index contributed by atoms with van der Waals surface area (Å²) in [5.74, 6) is -0.577. The number of methoxy groups -OCH3 is 1. The predicted octanol–water partition coefficient (Wildman–Crippen LogP) is 1.80. The van der Waals surface area contributed by atoms with Crippen LogP contribution in [0.5, 0.6) is 11.5 Å². The lowest BCUT2D eigenvalue weighted by Crippen LogP contribution is -2.48. The predicted molar refractivity (Wildman–Crippen MR) is 70.5 cm³/mol. The SMILES string of the molecule is COc1cc(C(C)(C(=O)O)N2CCCC2)ccc1O. The third-order valence-electron chi connectivity index (χ3n) is 3.90. The molecule has 0 spiro atoms. The normalized spacial score (nSPS) is 19.1. The number of phenolic OH excluding ortho intramolecular Hbond substituents is 1. The Bertz CT molecular complexity index is 482. The number of rotatable bonds is 4. The number of hydrogen-bond donors (Lipinski definition) is 2. The van der Waals surface area contributed by atoms with Crippen LogP contribution in [0, 0.1) is 0 Å². The van der Waals surface area contributed by atoms with Crippen molar-refractivity contribution in [3.8, 4) is 11.5 Å². The zero-order valence-electron chi connectivity index (χ0n) is 11.2. The Labute approximate surface area is 112 Å². The number of ether oxygens (including phenoxy) is 1. The van der Waals surface area contributed by atoms with Gasteiger partial charge < -0.3 is 14.9 Å². The summed E-state index contributed by atoms with van der Waals surface area (Å²) in [6.45, 7) is 3.24. The molecule has 0 saturated carbocycles. The van der Waals surface area contributed by atoms with Crippen molar-refractivity contribution in [2.75, 3.05) is 20.2 Å². The fourth-order valence-electron chi connectivity index (χ4n) is 2.59. The first-order valence-electron chi connectivity index (χ1n) is 6.36. The first-order chi connectivity index (χ1) is 9.00. The van der Waals surface area contributed by atoms with E-state index in [4.69, 9.17) is 4.74 Å². The van der Waals surface area contributed by atoms with Crippen LogP contribution in [-0.2, 0) is 10.3 Å². The molecular weight excluding hydrogens is 246 g/mol. The van der Waals surface area contributed by atoms with Crippen LogP contribution in [0.2, 0.25) is 0 Å². The molecule has 1 aromatic rings. The minimum Gasteiger partial charge on any atom is -0.504 e. The van der Waals surface area contributed by atoms with Gasteiger partial charge in [0, 0.05) is 0 Å². The minimum atomic E-state index is -1.09. The number of aliphatic carboxylic acids is 1. The van der Waals surface area contributed by atoms with E-state index in [0.717, 1.165) is 25.9 Å². The van der Waals surface area contributed by atoms with Crippen molar-refractivity contribution < 1.29 is 19.7 Å².